The molecule has 0 amide bonds. The molecule has 0 aliphatic carbocycles. The molecular formula is C15H21NO3. The first-order valence-electron chi connectivity index (χ1n) is 6.84. The van der Waals surface area contributed by atoms with Crippen molar-refractivity contribution in [3.8, 4) is 11.5 Å². The number of hydrogen-bond donors (Lipinski definition) is 1. The lowest BCUT2D eigenvalue weighted by molar-refractivity contribution is -0.0518. The summed E-state index contributed by atoms with van der Waals surface area (Å²) in [7, 11) is 3.30. The van der Waals surface area contributed by atoms with Gasteiger partial charge in [-0.15, -0.1) is 0 Å². The van der Waals surface area contributed by atoms with Crippen LogP contribution in [0.5, 0.6) is 11.5 Å². The summed E-state index contributed by atoms with van der Waals surface area (Å²) < 4.78 is 10.7. The first-order valence-corrected chi connectivity index (χ1v) is 6.84. The van der Waals surface area contributed by atoms with Gasteiger partial charge in [0.2, 0.25) is 0 Å². The molecule has 0 saturated carbocycles. The fourth-order valence-electron chi connectivity index (χ4n) is 3.47. The molecule has 2 heterocycles. The summed E-state index contributed by atoms with van der Waals surface area (Å²) in [6, 6.07) is 5.68. The summed E-state index contributed by atoms with van der Waals surface area (Å²) in [5.41, 5.74) is 0.0910. The highest BCUT2D eigenvalue weighted by molar-refractivity contribution is 5.44. The predicted molar refractivity (Wildman–Crippen MR) is 72.6 cm³/mol. The third-order valence-corrected chi connectivity index (χ3v) is 4.63. The van der Waals surface area contributed by atoms with Gasteiger partial charge < -0.3 is 19.5 Å². The van der Waals surface area contributed by atoms with E-state index in [9.17, 15) is 5.11 Å². The maximum absolute atomic E-state index is 11.2. The van der Waals surface area contributed by atoms with Crippen molar-refractivity contribution < 1.29 is 14.6 Å². The normalized spacial score (nSPS) is 33.2. The minimum Gasteiger partial charge on any atom is -0.497 e. The van der Waals surface area contributed by atoms with Gasteiger partial charge in [-0.2, -0.15) is 0 Å². The van der Waals surface area contributed by atoms with E-state index in [4.69, 9.17) is 9.47 Å². The van der Waals surface area contributed by atoms with Crippen LogP contribution in [0.15, 0.2) is 18.2 Å². The van der Waals surface area contributed by atoms with Crippen LogP contribution in [-0.2, 0) is 5.60 Å². The summed E-state index contributed by atoms with van der Waals surface area (Å²) in [4.78, 5) is 2.42. The predicted octanol–water partition coefficient (Wildman–Crippen LogP) is 1.62. The lowest BCUT2D eigenvalue weighted by Crippen LogP contribution is -2.44. The van der Waals surface area contributed by atoms with E-state index in [1.807, 2.05) is 18.2 Å². The highest BCUT2D eigenvalue weighted by Crippen LogP contribution is 2.46. The van der Waals surface area contributed by atoms with E-state index in [-0.39, 0.29) is 0 Å². The molecule has 2 aliphatic rings. The van der Waals surface area contributed by atoms with Crippen molar-refractivity contribution in [1.82, 2.24) is 4.90 Å². The van der Waals surface area contributed by atoms with Crippen molar-refractivity contribution >= 4 is 0 Å². The Kier molecular flexibility index (Phi) is 3.15. The highest BCUT2D eigenvalue weighted by atomic mass is 16.5. The van der Waals surface area contributed by atoms with Crippen LogP contribution in [0, 0.1) is 5.92 Å². The van der Waals surface area contributed by atoms with E-state index in [1.165, 1.54) is 0 Å². The van der Waals surface area contributed by atoms with Crippen molar-refractivity contribution in [2.45, 2.75) is 18.4 Å². The molecule has 2 bridgehead atoms. The van der Waals surface area contributed by atoms with Crippen molar-refractivity contribution in [2.75, 3.05) is 33.9 Å². The smallest absolute Gasteiger partial charge is 0.125 e. The maximum Gasteiger partial charge on any atom is 0.125 e. The van der Waals surface area contributed by atoms with E-state index in [0.29, 0.717) is 5.92 Å². The van der Waals surface area contributed by atoms with Gasteiger partial charge in [0.05, 0.1) is 19.8 Å². The Hall–Kier alpha value is -1.26. The van der Waals surface area contributed by atoms with Gasteiger partial charge in [-0.05, 0) is 37.6 Å². The number of nitrogens with zero attached hydrogens (tertiary/aromatic N) is 1. The summed E-state index contributed by atoms with van der Waals surface area (Å²) >= 11 is 0. The van der Waals surface area contributed by atoms with Crippen LogP contribution in [0.1, 0.15) is 18.4 Å². The third kappa shape index (κ3) is 1.99. The van der Waals surface area contributed by atoms with E-state index in [1.54, 1.807) is 14.2 Å². The Bertz CT molecular complexity index is 476. The summed E-state index contributed by atoms with van der Waals surface area (Å²) in [6.07, 6.45) is 1.82. The molecule has 104 valence electrons. The van der Waals surface area contributed by atoms with Gasteiger partial charge in [0.1, 0.15) is 11.5 Å². The monoisotopic (exact) mass is 263 g/mol. The van der Waals surface area contributed by atoms with Crippen LogP contribution in [0.4, 0.5) is 0 Å². The molecule has 3 rings (SSSR count). The molecule has 4 nitrogen and oxygen atoms in total. The molecule has 2 aliphatic heterocycles. The molecule has 1 aromatic carbocycles. The maximum atomic E-state index is 11.2. The molecule has 0 aromatic heterocycles. The van der Waals surface area contributed by atoms with Crippen molar-refractivity contribution in [3.63, 3.8) is 0 Å². The number of fused-ring (bicyclic) bond motifs is 2. The number of aliphatic hydroxyl groups is 1. The number of hydrogen-bond acceptors (Lipinski definition) is 4. The number of methoxy groups -OCH3 is 2. The molecule has 0 spiro atoms. The highest BCUT2D eigenvalue weighted by Gasteiger charge is 2.47. The Morgan fingerprint density at radius 1 is 1.26 bits per heavy atom. The molecule has 2 saturated heterocycles. The SMILES string of the molecule is COc1ccc(OC)c(C2(O)CCN3CCC2C3)c1. The minimum absolute atomic E-state index is 0.294. The van der Waals surface area contributed by atoms with Crippen molar-refractivity contribution in [3.05, 3.63) is 23.8 Å². The Morgan fingerprint density at radius 2 is 2.11 bits per heavy atom. The lowest BCUT2D eigenvalue weighted by atomic mass is 9.76. The Morgan fingerprint density at radius 3 is 2.84 bits per heavy atom. The first-order chi connectivity index (χ1) is 9.17. The van der Waals surface area contributed by atoms with Crippen molar-refractivity contribution in [2.24, 2.45) is 5.92 Å². The zero-order valence-electron chi connectivity index (χ0n) is 11.6. The van der Waals surface area contributed by atoms with E-state index >= 15 is 0 Å². The second kappa shape index (κ2) is 4.69. The summed E-state index contributed by atoms with van der Waals surface area (Å²) in [6.45, 7) is 3.03. The van der Waals surface area contributed by atoms with Crippen LogP contribution in [0.2, 0.25) is 0 Å². The van der Waals surface area contributed by atoms with E-state index < -0.39 is 5.60 Å². The van der Waals surface area contributed by atoms with Crippen LogP contribution in [0.3, 0.4) is 0 Å². The lowest BCUT2D eigenvalue weighted by Gasteiger charge is -2.39. The van der Waals surface area contributed by atoms with Gasteiger partial charge >= 0.3 is 0 Å². The molecule has 3 atom stereocenters. The molecule has 4 heteroatoms. The Balaban J connectivity index is 2.03. The number of benzene rings is 1. The van der Waals surface area contributed by atoms with Gasteiger partial charge in [0.15, 0.2) is 0 Å². The van der Waals surface area contributed by atoms with Crippen LogP contribution in [-0.4, -0.2) is 43.9 Å². The average molecular weight is 263 g/mol. The molecule has 3 unspecified atom stereocenters. The van der Waals surface area contributed by atoms with Gasteiger partial charge in [-0.1, -0.05) is 0 Å². The molecule has 1 aromatic rings. The van der Waals surface area contributed by atoms with Crippen LogP contribution >= 0.6 is 0 Å². The zero-order chi connectivity index (χ0) is 13.5. The van der Waals surface area contributed by atoms with E-state index in [2.05, 4.69) is 4.90 Å². The number of rotatable bonds is 3. The summed E-state index contributed by atoms with van der Waals surface area (Å²) in [5, 5.41) is 11.2. The molecular weight excluding hydrogens is 242 g/mol. The fourth-order valence-corrected chi connectivity index (χ4v) is 3.47. The van der Waals surface area contributed by atoms with Crippen LogP contribution < -0.4 is 9.47 Å². The number of piperidine rings is 1. The average Bonchev–Trinajstić information content (AvgIpc) is 2.87. The van der Waals surface area contributed by atoms with E-state index in [0.717, 1.165) is 49.5 Å². The second-order valence-corrected chi connectivity index (χ2v) is 5.53. The zero-order valence-corrected chi connectivity index (χ0v) is 11.6. The second-order valence-electron chi connectivity index (χ2n) is 5.53. The third-order valence-electron chi connectivity index (χ3n) is 4.63. The molecule has 2 fully saturated rings. The first kappa shape index (κ1) is 12.8. The molecule has 0 radical (unpaired) electrons. The van der Waals surface area contributed by atoms with Gasteiger partial charge in [-0.3, -0.25) is 0 Å². The molecule has 19 heavy (non-hydrogen) atoms. The number of ether oxygens (including phenoxy) is 2. The van der Waals surface area contributed by atoms with Crippen molar-refractivity contribution in [1.29, 1.82) is 0 Å². The standard InChI is InChI=1S/C15H21NO3/c1-18-12-3-4-14(19-2)13(9-12)15(17)6-8-16-7-5-11(15)10-16/h3-4,9,11,17H,5-8,10H2,1-2H3. The topological polar surface area (TPSA) is 41.9 Å². The van der Waals surface area contributed by atoms with Gasteiger partial charge in [0.25, 0.3) is 0 Å². The van der Waals surface area contributed by atoms with Gasteiger partial charge in [0, 0.05) is 24.6 Å². The minimum atomic E-state index is -0.785. The summed E-state index contributed by atoms with van der Waals surface area (Å²) in [5.74, 6) is 1.82. The Labute approximate surface area is 113 Å². The largest absolute Gasteiger partial charge is 0.497 e. The van der Waals surface area contributed by atoms with Crippen LogP contribution in [0.25, 0.3) is 0 Å². The quantitative estimate of drug-likeness (QED) is 0.900. The van der Waals surface area contributed by atoms with Gasteiger partial charge in [-0.25, -0.2) is 0 Å². The fraction of sp³-hybridized carbons (Fsp3) is 0.600. The molecule has 1 N–H and O–H groups in total.